The summed E-state index contributed by atoms with van der Waals surface area (Å²) >= 11 is 0. The molecule has 1 saturated heterocycles. The largest absolute Gasteiger partial charge is 0.484 e. The molecule has 1 aliphatic heterocycles. The summed E-state index contributed by atoms with van der Waals surface area (Å²) in [4.78, 5) is 40.2. The van der Waals surface area contributed by atoms with E-state index in [9.17, 15) is 14.4 Å². The standard InChI is InChI=1S/C24H37N3O5/c1-5-7-19-8-10-20(11-9-19)31-18-22(29)27-15-6-14-26(16-17-27)21(28)12-13-25-23(30)32-24(2,3)4/h8-11H,5-7,12-18H2,1-4H3,(H,25,30). The quantitative estimate of drug-likeness (QED) is 0.662. The van der Waals surface area contributed by atoms with Crippen molar-refractivity contribution in [1.29, 1.82) is 0 Å². The van der Waals surface area contributed by atoms with Crippen molar-refractivity contribution in [2.45, 2.75) is 59.0 Å². The fourth-order valence-corrected chi connectivity index (χ4v) is 3.44. The molecule has 1 N–H and O–H groups in total. The van der Waals surface area contributed by atoms with Crippen molar-refractivity contribution in [3.63, 3.8) is 0 Å². The Kier molecular flexibility index (Phi) is 9.81. The van der Waals surface area contributed by atoms with Crippen LogP contribution in [0.5, 0.6) is 5.75 Å². The molecular weight excluding hydrogens is 410 g/mol. The molecule has 0 atom stereocenters. The third-order valence-corrected chi connectivity index (χ3v) is 5.03. The number of alkyl carbamates (subject to hydrolysis) is 1. The van der Waals surface area contributed by atoms with Crippen molar-refractivity contribution in [1.82, 2.24) is 15.1 Å². The van der Waals surface area contributed by atoms with E-state index < -0.39 is 11.7 Å². The number of benzene rings is 1. The highest BCUT2D eigenvalue weighted by Crippen LogP contribution is 2.14. The molecule has 0 radical (unpaired) electrons. The van der Waals surface area contributed by atoms with Gasteiger partial charge in [-0.1, -0.05) is 25.5 Å². The van der Waals surface area contributed by atoms with Crippen LogP contribution in [0, 0.1) is 0 Å². The second kappa shape index (κ2) is 12.3. The molecule has 1 aromatic carbocycles. The van der Waals surface area contributed by atoms with E-state index in [0.29, 0.717) is 38.3 Å². The maximum absolute atomic E-state index is 12.6. The van der Waals surface area contributed by atoms with Crippen molar-refractivity contribution in [3.05, 3.63) is 29.8 Å². The van der Waals surface area contributed by atoms with Crippen LogP contribution in [-0.4, -0.2) is 72.6 Å². The molecule has 0 spiro atoms. The average Bonchev–Trinajstić information content (AvgIpc) is 2.98. The number of carbonyl (C=O) groups is 3. The molecule has 1 fully saturated rings. The van der Waals surface area contributed by atoms with E-state index in [0.717, 1.165) is 12.8 Å². The smallest absolute Gasteiger partial charge is 0.407 e. The number of nitrogens with zero attached hydrogens (tertiary/aromatic N) is 2. The first-order chi connectivity index (χ1) is 15.2. The lowest BCUT2D eigenvalue weighted by atomic mass is 10.1. The molecule has 0 bridgehead atoms. The van der Waals surface area contributed by atoms with E-state index in [4.69, 9.17) is 9.47 Å². The first kappa shape index (κ1) is 25.5. The molecule has 2 rings (SSSR count). The van der Waals surface area contributed by atoms with Crippen molar-refractivity contribution in [2.24, 2.45) is 0 Å². The predicted molar refractivity (Wildman–Crippen MR) is 123 cm³/mol. The van der Waals surface area contributed by atoms with Crippen LogP contribution < -0.4 is 10.1 Å². The number of hydrogen-bond donors (Lipinski definition) is 1. The molecule has 1 aromatic rings. The zero-order chi connectivity index (χ0) is 23.6. The second-order valence-electron chi connectivity index (χ2n) is 8.98. The second-order valence-corrected chi connectivity index (χ2v) is 8.98. The van der Waals surface area contributed by atoms with Crippen LogP contribution in [0.3, 0.4) is 0 Å². The summed E-state index contributed by atoms with van der Waals surface area (Å²) in [6.07, 6.45) is 2.50. The van der Waals surface area contributed by atoms with E-state index in [2.05, 4.69) is 12.2 Å². The van der Waals surface area contributed by atoms with Gasteiger partial charge in [-0.2, -0.15) is 0 Å². The molecular formula is C24H37N3O5. The fourth-order valence-electron chi connectivity index (χ4n) is 3.44. The summed E-state index contributed by atoms with van der Waals surface area (Å²) in [6, 6.07) is 7.84. The lowest BCUT2D eigenvalue weighted by Crippen LogP contribution is -2.40. The van der Waals surface area contributed by atoms with E-state index in [1.807, 2.05) is 24.3 Å². The minimum atomic E-state index is -0.572. The van der Waals surface area contributed by atoms with Gasteiger partial charge in [0, 0.05) is 39.1 Å². The Balaban J connectivity index is 1.71. The van der Waals surface area contributed by atoms with E-state index >= 15 is 0 Å². The van der Waals surface area contributed by atoms with Crippen LogP contribution in [0.15, 0.2) is 24.3 Å². The highest BCUT2D eigenvalue weighted by atomic mass is 16.6. The van der Waals surface area contributed by atoms with Crippen LogP contribution in [-0.2, 0) is 20.7 Å². The molecule has 0 unspecified atom stereocenters. The molecule has 1 aliphatic rings. The molecule has 3 amide bonds. The number of amides is 3. The third-order valence-electron chi connectivity index (χ3n) is 5.03. The summed E-state index contributed by atoms with van der Waals surface area (Å²) in [5.74, 6) is 0.560. The van der Waals surface area contributed by atoms with Gasteiger partial charge in [-0.05, 0) is 51.3 Å². The summed E-state index contributed by atoms with van der Waals surface area (Å²) in [5, 5.41) is 2.60. The minimum absolute atomic E-state index is 0.0130. The summed E-state index contributed by atoms with van der Waals surface area (Å²) in [7, 11) is 0. The maximum atomic E-state index is 12.6. The van der Waals surface area contributed by atoms with Gasteiger partial charge in [0.15, 0.2) is 6.61 Å². The Morgan fingerprint density at radius 3 is 2.19 bits per heavy atom. The monoisotopic (exact) mass is 447 g/mol. The zero-order valence-corrected chi connectivity index (χ0v) is 19.8. The number of carbonyl (C=O) groups excluding carboxylic acids is 3. The van der Waals surface area contributed by atoms with Crippen molar-refractivity contribution < 1.29 is 23.9 Å². The molecule has 1 heterocycles. The number of rotatable bonds is 8. The Morgan fingerprint density at radius 2 is 1.59 bits per heavy atom. The molecule has 32 heavy (non-hydrogen) atoms. The molecule has 0 saturated carbocycles. The fraction of sp³-hybridized carbons (Fsp3) is 0.625. The van der Waals surface area contributed by atoms with Gasteiger partial charge in [-0.3, -0.25) is 9.59 Å². The molecule has 8 nitrogen and oxygen atoms in total. The third kappa shape index (κ3) is 9.16. The van der Waals surface area contributed by atoms with Gasteiger partial charge in [0.1, 0.15) is 11.4 Å². The van der Waals surface area contributed by atoms with Gasteiger partial charge in [0.05, 0.1) is 0 Å². The molecule has 0 aliphatic carbocycles. The van der Waals surface area contributed by atoms with E-state index in [1.54, 1.807) is 30.6 Å². The molecule has 8 heteroatoms. The average molecular weight is 448 g/mol. The van der Waals surface area contributed by atoms with Crippen LogP contribution in [0.4, 0.5) is 4.79 Å². The summed E-state index contributed by atoms with van der Waals surface area (Å²) in [5.41, 5.74) is 0.682. The first-order valence-electron chi connectivity index (χ1n) is 11.4. The normalized spacial score (nSPS) is 14.5. The Morgan fingerprint density at radius 1 is 0.969 bits per heavy atom. The Bertz CT molecular complexity index is 758. The predicted octanol–water partition coefficient (Wildman–Crippen LogP) is 2.99. The first-order valence-corrected chi connectivity index (χ1v) is 11.4. The van der Waals surface area contributed by atoms with Crippen LogP contribution in [0.1, 0.15) is 52.5 Å². The van der Waals surface area contributed by atoms with Gasteiger partial charge in [0.25, 0.3) is 5.91 Å². The highest BCUT2D eigenvalue weighted by molar-refractivity contribution is 5.79. The molecule has 0 aromatic heterocycles. The van der Waals surface area contributed by atoms with Crippen LogP contribution in [0.2, 0.25) is 0 Å². The maximum Gasteiger partial charge on any atom is 0.407 e. The van der Waals surface area contributed by atoms with Gasteiger partial charge >= 0.3 is 6.09 Å². The van der Waals surface area contributed by atoms with Gasteiger partial charge in [-0.25, -0.2) is 4.79 Å². The number of hydrogen-bond acceptors (Lipinski definition) is 5. The van der Waals surface area contributed by atoms with Gasteiger partial charge in [-0.15, -0.1) is 0 Å². The lowest BCUT2D eigenvalue weighted by Gasteiger charge is -2.23. The van der Waals surface area contributed by atoms with Crippen LogP contribution >= 0.6 is 0 Å². The van der Waals surface area contributed by atoms with Gasteiger partial charge in [0.2, 0.25) is 5.91 Å². The number of nitrogens with one attached hydrogen (secondary N) is 1. The lowest BCUT2D eigenvalue weighted by molar-refractivity contribution is -0.134. The Labute approximate surface area is 191 Å². The highest BCUT2D eigenvalue weighted by Gasteiger charge is 2.22. The summed E-state index contributed by atoms with van der Waals surface area (Å²) < 4.78 is 10.8. The van der Waals surface area contributed by atoms with E-state index in [1.165, 1.54) is 5.56 Å². The SMILES string of the molecule is CCCc1ccc(OCC(=O)N2CCCN(C(=O)CCNC(=O)OC(C)(C)C)CC2)cc1. The number of ether oxygens (including phenoxy) is 2. The van der Waals surface area contributed by atoms with Crippen molar-refractivity contribution in [2.75, 3.05) is 39.3 Å². The Hall–Kier alpha value is -2.77. The van der Waals surface area contributed by atoms with Crippen molar-refractivity contribution in [3.8, 4) is 5.75 Å². The van der Waals surface area contributed by atoms with E-state index in [-0.39, 0.29) is 31.4 Å². The van der Waals surface area contributed by atoms with Crippen molar-refractivity contribution >= 4 is 17.9 Å². The molecule has 178 valence electrons. The topological polar surface area (TPSA) is 88.2 Å². The number of aryl methyl sites for hydroxylation is 1. The van der Waals surface area contributed by atoms with Crippen LogP contribution in [0.25, 0.3) is 0 Å². The minimum Gasteiger partial charge on any atom is -0.484 e. The zero-order valence-electron chi connectivity index (χ0n) is 19.8. The van der Waals surface area contributed by atoms with Gasteiger partial charge < -0.3 is 24.6 Å². The summed E-state index contributed by atoms with van der Waals surface area (Å²) in [6.45, 7) is 9.85.